The first-order chi connectivity index (χ1) is 6.66. The van der Waals surface area contributed by atoms with Gasteiger partial charge in [-0.1, -0.05) is 12.2 Å². The second-order valence-corrected chi connectivity index (χ2v) is 3.18. The molecule has 14 heavy (non-hydrogen) atoms. The van der Waals surface area contributed by atoms with Crippen molar-refractivity contribution in [3.8, 4) is 0 Å². The number of carbonyl (C=O) groups is 2. The fourth-order valence-electron chi connectivity index (χ4n) is 1.59. The molecule has 1 amide bonds. The molecule has 3 N–H and O–H groups in total. The highest BCUT2D eigenvalue weighted by Crippen LogP contribution is 2.25. The molecule has 1 aliphatic carbocycles. The molecule has 1 rings (SSSR count). The van der Waals surface area contributed by atoms with Crippen molar-refractivity contribution in [2.24, 2.45) is 11.8 Å². The highest BCUT2D eigenvalue weighted by molar-refractivity contribution is 5.85. The van der Waals surface area contributed by atoms with Gasteiger partial charge in [0.2, 0.25) is 5.91 Å². The molecule has 78 valence electrons. The lowest BCUT2D eigenvalue weighted by Crippen LogP contribution is -2.38. The second kappa shape index (κ2) is 4.76. The Labute approximate surface area is 81.4 Å². The van der Waals surface area contributed by atoms with Crippen LogP contribution in [0.15, 0.2) is 12.2 Å². The fraction of sp³-hybridized carbons (Fsp3) is 0.556. The van der Waals surface area contributed by atoms with Crippen LogP contribution in [-0.4, -0.2) is 28.8 Å². The first-order valence-electron chi connectivity index (χ1n) is 4.45. The Kier molecular flexibility index (Phi) is 3.64. The van der Waals surface area contributed by atoms with Crippen LogP contribution >= 0.6 is 0 Å². The van der Waals surface area contributed by atoms with E-state index >= 15 is 0 Å². The minimum Gasteiger partial charge on any atom is -0.481 e. The van der Waals surface area contributed by atoms with E-state index in [0.717, 1.165) is 0 Å². The molecule has 2 atom stereocenters. The summed E-state index contributed by atoms with van der Waals surface area (Å²) in [6.07, 6.45) is 4.52. The maximum atomic E-state index is 11.3. The molecule has 0 radical (unpaired) electrons. The van der Waals surface area contributed by atoms with Crippen LogP contribution in [0.3, 0.4) is 0 Å². The Morgan fingerprint density at radius 1 is 1.50 bits per heavy atom. The zero-order chi connectivity index (χ0) is 10.6. The van der Waals surface area contributed by atoms with Crippen molar-refractivity contribution in [3.05, 3.63) is 12.2 Å². The maximum Gasteiger partial charge on any atom is 0.311 e. The van der Waals surface area contributed by atoms with E-state index in [0.29, 0.717) is 12.8 Å². The molecule has 5 nitrogen and oxygen atoms in total. The normalized spacial score (nSPS) is 25.8. The lowest BCUT2D eigenvalue weighted by Gasteiger charge is -2.22. The number of amides is 1. The third kappa shape index (κ3) is 2.32. The molecule has 0 fully saturated rings. The Morgan fingerprint density at radius 3 is 2.79 bits per heavy atom. The van der Waals surface area contributed by atoms with Crippen molar-refractivity contribution < 1.29 is 19.8 Å². The molecule has 0 bridgehead atoms. The molecule has 0 aromatic rings. The standard InChI is InChI=1S/C9H13NO4/c11-5-10-8(12)6-3-1-2-4-7(6)9(13)14/h2,4,6-7,11H,1,3,5H2,(H,10,12)(H,13,14). The Balaban J connectivity index is 2.70. The maximum absolute atomic E-state index is 11.3. The van der Waals surface area contributed by atoms with E-state index in [1.165, 1.54) is 6.08 Å². The number of aliphatic carboxylic acids is 1. The van der Waals surface area contributed by atoms with Gasteiger partial charge in [0.25, 0.3) is 0 Å². The van der Waals surface area contributed by atoms with E-state index in [-0.39, 0.29) is 0 Å². The number of carboxylic acid groups (broad SMARTS) is 1. The molecule has 5 heteroatoms. The number of carboxylic acids is 1. The third-order valence-corrected chi connectivity index (χ3v) is 2.30. The molecule has 0 saturated heterocycles. The van der Waals surface area contributed by atoms with Gasteiger partial charge >= 0.3 is 5.97 Å². The van der Waals surface area contributed by atoms with Gasteiger partial charge in [-0.2, -0.15) is 0 Å². The van der Waals surface area contributed by atoms with Crippen molar-refractivity contribution in [3.63, 3.8) is 0 Å². The molecule has 0 aromatic heterocycles. The van der Waals surface area contributed by atoms with Crippen LogP contribution in [0.2, 0.25) is 0 Å². The molecular weight excluding hydrogens is 186 g/mol. The minimum absolute atomic E-state index is 0.399. The zero-order valence-electron chi connectivity index (χ0n) is 7.64. The first-order valence-corrected chi connectivity index (χ1v) is 4.45. The lowest BCUT2D eigenvalue weighted by atomic mass is 9.83. The molecule has 1 aliphatic rings. The molecule has 0 aliphatic heterocycles. The predicted octanol–water partition coefficient (Wildman–Crippen LogP) is -0.281. The molecule has 0 aromatic carbocycles. The summed E-state index contributed by atoms with van der Waals surface area (Å²) in [7, 11) is 0. The number of hydrogen-bond acceptors (Lipinski definition) is 3. The van der Waals surface area contributed by atoms with Crippen molar-refractivity contribution in [1.82, 2.24) is 5.32 Å². The van der Waals surface area contributed by atoms with Crippen LogP contribution in [0.1, 0.15) is 12.8 Å². The number of aliphatic hydroxyl groups is 1. The van der Waals surface area contributed by atoms with Gasteiger partial charge in [-0.15, -0.1) is 0 Å². The lowest BCUT2D eigenvalue weighted by molar-refractivity contribution is -0.145. The summed E-state index contributed by atoms with van der Waals surface area (Å²) < 4.78 is 0. The van der Waals surface area contributed by atoms with E-state index in [1.54, 1.807) is 6.08 Å². The van der Waals surface area contributed by atoms with Gasteiger partial charge < -0.3 is 15.5 Å². The van der Waals surface area contributed by atoms with E-state index in [1.807, 2.05) is 0 Å². The second-order valence-electron chi connectivity index (χ2n) is 3.18. The van der Waals surface area contributed by atoms with Gasteiger partial charge in [-0.05, 0) is 12.8 Å². The van der Waals surface area contributed by atoms with E-state index < -0.39 is 30.4 Å². The average molecular weight is 199 g/mol. The average Bonchev–Trinajstić information content (AvgIpc) is 2.18. The van der Waals surface area contributed by atoms with Crippen LogP contribution in [0.25, 0.3) is 0 Å². The van der Waals surface area contributed by atoms with Crippen molar-refractivity contribution in [1.29, 1.82) is 0 Å². The fourth-order valence-corrected chi connectivity index (χ4v) is 1.59. The summed E-state index contributed by atoms with van der Waals surface area (Å²) in [4.78, 5) is 22.1. The van der Waals surface area contributed by atoms with Gasteiger partial charge in [-0.25, -0.2) is 0 Å². The van der Waals surface area contributed by atoms with Crippen LogP contribution in [0.5, 0.6) is 0 Å². The van der Waals surface area contributed by atoms with Gasteiger partial charge in [0.05, 0.1) is 11.8 Å². The first kappa shape index (κ1) is 10.7. The zero-order valence-corrected chi connectivity index (χ0v) is 7.64. The Hall–Kier alpha value is -1.36. The Morgan fingerprint density at radius 2 is 2.21 bits per heavy atom. The topological polar surface area (TPSA) is 86.6 Å². The third-order valence-electron chi connectivity index (χ3n) is 2.30. The summed E-state index contributed by atoms with van der Waals surface area (Å²) in [5.74, 6) is -2.73. The quantitative estimate of drug-likeness (QED) is 0.431. The van der Waals surface area contributed by atoms with Crippen LogP contribution in [-0.2, 0) is 9.59 Å². The highest BCUT2D eigenvalue weighted by atomic mass is 16.4. The number of allylic oxidation sites excluding steroid dienone is 1. The van der Waals surface area contributed by atoms with E-state index in [4.69, 9.17) is 10.2 Å². The van der Waals surface area contributed by atoms with Crippen molar-refractivity contribution in [2.75, 3.05) is 6.73 Å². The summed E-state index contributed by atoms with van der Waals surface area (Å²) >= 11 is 0. The number of rotatable bonds is 3. The Bertz CT molecular complexity index is 262. The van der Waals surface area contributed by atoms with Crippen LogP contribution < -0.4 is 5.32 Å². The van der Waals surface area contributed by atoms with E-state index in [2.05, 4.69) is 5.32 Å². The van der Waals surface area contributed by atoms with Gasteiger partial charge in [0.15, 0.2) is 0 Å². The summed E-state index contributed by atoms with van der Waals surface area (Å²) in [5.41, 5.74) is 0. The summed E-state index contributed by atoms with van der Waals surface area (Å²) in [6.45, 7) is -0.453. The number of nitrogens with one attached hydrogen (secondary N) is 1. The van der Waals surface area contributed by atoms with Crippen molar-refractivity contribution in [2.45, 2.75) is 12.8 Å². The predicted molar refractivity (Wildman–Crippen MR) is 48.2 cm³/mol. The molecule has 0 heterocycles. The SMILES string of the molecule is O=C(O)C1C=CCCC1C(=O)NCO. The summed E-state index contributed by atoms with van der Waals surface area (Å²) in [6, 6.07) is 0. The van der Waals surface area contributed by atoms with Crippen LogP contribution in [0.4, 0.5) is 0 Å². The summed E-state index contributed by atoms with van der Waals surface area (Å²) in [5, 5.41) is 19.5. The van der Waals surface area contributed by atoms with Gasteiger partial charge in [0, 0.05) is 0 Å². The molecule has 0 saturated carbocycles. The highest BCUT2D eigenvalue weighted by Gasteiger charge is 2.32. The molecular formula is C9H13NO4. The van der Waals surface area contributed by atoms with Crippen molar-refractivity contribution >= 4 is 11.9 Å². The number of aliphatic hydroxyl groups excluding tert-OH is 1. The number of carbonyl (C=O) groups excluding carboxylic acids is 1. The smallest absolute Gasteiger partial charge is 0.311 e. The van der Waals surface area contributed by atoms with Gasteiger partial charge in [0.1, 0.15) is 6.73 Å². The van der Waals surface area contributed by atoms with Gasteiger partial charge in [-0.3, -0.25) is 9.59 Å². The molecule has 2 unspecified atom stereocenters. The molecule has 0 spiro atoms. The minimum atomic E-state index is -1.00. The van der Waals surface area contributed by atoms with E-state index in [9.17, 15) is 9.59 Å². The largest absolute Gasteiger partial charge is 0.481 e. The monoisotopic (exact) mass is 199 g/mol. The van der Waals surface area contributed by atoms with Crippen LogP contribution in [0, 0.1) is 11.8 Å². The number of hydrogen-bond donors (Lipinski definition) is 3.